The molecule has 104 valence electrons. The highest BCUT2D eigenvalue weighted by atomic mass is 16.5. The maximum Gasteiger partial charge on any atom is 0.230 e. The summed E-state index contributed by atoms with van der Waals surface area (Å²) in [5.74, 6) is 0.296. The smallest absolute Gasteiger partial charge is 0.230 e. The molecule has 1 heterocycles. The Morgan fingerprint density at radius 1 is 1.39 bits per heavy atom. The number of carbonyl (C=O) groups is 1. The molecule has 2 aliphatic rings. The Labute approximate surface area is 110 Å². The lowest BCUT2D eigenvalue weighted by Crippen LogP contribution is -2.51. The first-order valence-electron chi connectivity index (χ1n) is 7.32. The van der Waals surface area contributed by atoms with E-state index in [0.29, 0.717) is 31.7 Å². The van der Waals surface area contributed by atoms with Gasteiger partial charge in [0.2, 0.25) is 5.91 Å². The summed E-state index contributed by atoms with van der Waals surface area (Å²) in [5, 5.41) is 0. The van der Waals surface area contributed by atoms with Gasteiger partial charge >= 0.3 is 0 Å². The van der Waals surface area contributed by atoms with Crippen LogP contribution in [-0.4, -0.2) is 43.2 Å². The molecule has 0 unspecified atom stereocenters. The molecule has 4 heteroatoms. The van der Waals surface area contributed by atoms with Gasteiger partial charge < -0.3 is 15.4 Å². The SMILES string of the molecule is CCCCN(C(=O)C1(CN)CCOCC1)C1CC1. The van der Waals surface area contributed by atoms with Crippen LogP contribution in [0, 0.1) is 5.41 Å². The van der Waals surface area contributed by atoms with Crippen molar-refractivity contribution < 1.29 is 9.53 Å². The van der Waals surface area contributed by atoms with E-state index in [1.54, 1.807) is 0 Å². The zero-order chi connectivity index (χ0) is 13.0. The molecule has 1 aliphatic carbocycles. The average Bonchev–Trinajstić information content (AvgIpc) is 3.24. The number of hydrogen-bond acceptors (Lipinski definition) is 3. The second kappa shape index (κ2) is 6.02. The first-order chi connectivity index (χ1) is 8.73. The van der Waals surface area contributed by atoms with E-state index >= 15 is 0 Å². The third-order valence-corrected chi connectivity index (χ3v) is 4.30. The van der Waals surface area contributed by atoms with Crippen LogP contribution in [0.15, 0.2) is 0 Å². The highest BCUT2D eigenvalue weighted by molar-refractivity contribution is 5.83. The van der Waals surface area contributed by atoms with Gasteiger partial charge in [0.25, 0.3) is 0 Å². The minimum absolute atomic E-state index is 0.296. The van der Waals surface area contributed by atoms with Crippen LogP contribution in [0.5, 0.6) is 0 Å². The molecule has 1 aliphatic heterocycles. The van der Waals surface area contributed by atoms with Gasteiger partial charge in [0.05, 0.1) is 5.41 Å². The third-order valence-electron chi connectivity index (χ3n) is 4.30. The Balaban J connectivity index is 2.04. The molecule has 2 fully saturated rings. The van der Waals surface area contributed by atoms with E-state index < -0.39 is 0 Å². The fraction of sp³-hybridized carbons (Fsp3) is 0.929. The number of carbonyl (C=O) groups excluding carboxylic acids is 1. The number of nitrogens with two attached hydrogens (primary N) is 1. The molecule has 0 radical (unpaired) electrons. The Kier molecular flexibility index (Phi) is 4.62. The second-order valence-corrected chi connectivity index (χ2v) is 5.68. The Morgan fingerprint density at radius 2 is 2.06 bits per heavy atom. The largest absolute Gasteiger partial charge is 0.381 e. The second-order valence-electron chi connectivity index (χ2n) is 5.68. The van der Waals surface area contributed by atoms with Crippen molar-refractivity contribution in [1.82, 2.24) is 4.90 Å². The minimum atomic E-state index is -0.339. The topological polar surface area (TPSA) is 55.6 Å². The molecule has 1 saturated heterocycles. The monoisotopic (exact) mass is 254 g/mol. The first-order valence-corrected chi connectivity index (χ1v) is 7.32. The molecular weight excluding hydrogens is 228 g/mol. The van der Waals surface area contributed by atoms with Crippen molar-refractivity contribution in [2.24, 2.45) is 11.1 Å². The zero-order valence-corrected chi connectivity index (χ0v) is 11.5. The van der Waals surface area contributed by atoms with Crippen molar-refractivity contribution >= 4 is 5.91 Å². The van der Waals surface area contributed by atoms with Crippen molar-refractivity contribution in [1.29, 1.82) is 0 Å². The lowest BCUT2D eigenvalue weighted by molar-refractivity contribution is -0.148. The van der Waals surface area contributed by atoms with Crippen molar-refractivity contribution in [3.63, 3.8) is 0 Å². The molecule has 4 nitrogen and oxygen atoms in total. The molecule has 2 N–H and O–H groups in total. The van der Waals surface area contributed by atoms with Crippen LogP contribution >= 0.6 is 0 Å². The van der Waals surface area contributed by atoms with Gasteiger partial charge in [-0.05, 0) is 32.1 Å². The summed E-state index contributed by atoms with van der Waals surface area (Å²) in [6, 6.07) is 0.496. The maximum atomic E-state index is 12.8. The molecule has 0 aromatic rings. The van der Waals surface area contributed by atoms with Crippen LogP contribution in [0.3, 0.4) is 0 Å². The average molecular weight is 254 g/mol. The van der Waals surface area contributed by atoms with Crippen LogP contribution < -0.4 is 5.73 Å². The van der Waals surface area contributed by atoms with Gasteiger partial charge in [-0.15, -0.1) is 0 Å². The Bertz CT molecular complexity index is 284. The summed E-state index contributed by atoms with van der Waals surface area (Å²) >= 11 is 0. The number of rotatable bonds is 6. The van der Waals surface area contributed by atoms with Crippen molar-refractivity contribution in [2.45, 2.75) is 51.5 Å². The molecule has 0 atom stereocenters. The molecule has 18 heavy (non-hydrogen) atoms. The van der Waals surface area contributed by atoms with Gasteiger partial charge in [-0.2, -0.15) is 0 Å². The van der Waals surface area contributed by atoms with Gasteiger partial charge in [-0.1, -0.05) is 13.3 Å². The van der Waals surface area contributed by atoms with Crippen LogP contribution in [0.1, 0.15) is 45.4 Å². The summed E-state index contributed by atoms with van der Waals surface area (Å²) < 4.78 is 5.39. The van der Waals surface area contributed by atoms with E-state index in [0.717, 1.165) is 32.2 Å². The number of amides is 1. The summed E-state index contributed by atoms with van der Waals surface area (Å²) in [6.07, 6.45) is 6.16. The van der Waals surface area contributed by atoms with Gasteiger partial charge in [-0.25, -0.2) is 0 Å². The number of nitrogens with zero attached hydrogens (tertiary/aromatic N) is 1. The highest BCUT2D eigenvalue weighted by Crippen LogP contribution is 2.36. The first kappa shape index (κ1) is 13.8. The van der Waals surface area contributed by atoms with E-state index in [-0.39, 0.29) is 5.41 Å². The minimum Gasteiger partial charge on any atom is -0.381 e. The van der Waals surface area contributed by atoms with E-state index in [9.17, 15) is 4.79 Å². The summed E-state index contributed by atoms with van der Waals surface area (Å²) in [5.41, 5.74) is 5.58. The molecule has 0 spiro atoms. The van der Waals surface area contributed by atoms with E-state index in [2.05, 4.69) is 11.8 Å². The van der Waals surface area contributed by atoms with Gasteiger partial charge in [0, 0.05) is 32.3 Å². The number of unbranched alkanes of at least 4 members (excludes halogenated alkanes) is 1. The lowest BCUT2D eigenvalue weighted by Gasteiger charge is -2.39. The Morgan fingerprint density at radius 3 is 2.56 bits per heavy atom. The van der Waals surface area contributed by atoms with E-state index in [4.69, 9.17) is 10.5 Å². The molecule has 0 bridgehead atoms. The molecule has 1 amide bonds. The zero-order valence-electron chi connectivity index (χ0n) is 11.5. The third kappa shape index (κ3) is 2.86. The number of hydrogen-bond donors (Lipinski definition) is 1. The van der Waals surface area contributed by atoms with Crippen LogP contribution in [-0.2, 0) is 9.53 Å². The van der Waals surface area contributed by atoms with Crippen LogP contribution in [0.4, 0.5) is 0 Å². The van der Waals surface area contributed by atoms with E-state index in [1.807, 2.05) is 0 Å². The summed E-state index contributed by atoms with van der Waals surface area (Å²) in [7, 11) is 0. The predicted octanol–water partition coefficient (Wildman–Crippen LogP) is 1.53. The lowest BCUT2D eigenvalue weighted by atomic mass is 9.78. The Hall–Kier alpha value is -0.610. The number of ether oxygens (including phenoxy) is 1. The van der Waals surface area contributed by atoms with Gasteiger partial charge in [0.1, 0.15) is 0 Å². The highest BCUT2D eigenvalue weighted by Gasteiger charge is 2.44. The molecule has 2 rings (SSSR count). The summed E-state index contributed by atoms with van der Waals surface area (Å²) in [4.78, 5) is 14.9. The standard InChI is InChI=1S/C14H26N2O2/c1-2-3-8-16(12-4-5-12)13(17)14(11-15)6-9-18-10-7-14/h12H,2-11,15H2,1H3. The molecular formula is C14H26N2O2. The van der Waals surface area contributed by atoms with Crippen molar-refractivity contribution in [3.05, 3.63) is 0 Å². The maximum absolute atomic E-state index is 12.8. The van der Waals surface area contributed by atoms with Crippen molar-refractivity contribution in [3.8, 4) is 0 Å². The molecule has 0 aromatic heterocycles. The van der Waals surface area contributed by atoms with Crippen LogP contribution in [0.2, 0.25) is 0 Å². The molecule has 1 saturated carbocycles. The van der Waals surface area contributed by atoms with Crippen LogP contribution in [0.25, 0.3) is 0 Å². The molecule has 0 aromatic carbocycles. The predicted molar refractivity (Wildman–Crippen MR) is 71.2 cm³/mol. The normalized spacial score (nSPS) is 22.8. The van der Waals surface area contributed by atoms with Crippen molar-refractivity contribution in [2.75, 3.05) is 26.3 Å². The quantitative estimate of drug-likeness (QED) is 0.782. The fourth-order valence-electron chi connectivity index (χ4n) is 2.74. The van der Waals surface area contributed by atoms with E-state index in [1.165, 1.54) is 12.8 Å². The fourth-order valence-corrected chi connectivity index (χ4v) is 2.74. The summed E-state index contributed by atoms with van der Waals surface area (Å²) in [6.45, 7) is 4.89. The van der Waals surface area contributed by atoms with Gasteiger partial charge in [-0.3, -0.25) is 4.79 Å². The van der Waals surface area contributed by atoms with Gasteiger partial charge in [0.15, 0.2) is 0 Å².